The summed E-state index contributed by atoms with van der Waals surface area (Å²) in [5, 5.41) is 15.7. The SMILES string of the molecule is CCOC(=O)c1cc(N(C)CC2CCN(C(=O)O)CC2)n[nH]1. The molecule has 0 aliphatic carbocycles. The van der Waals surface area contributed by atoms with E-state index in [1.165, 1.54) is 4.90 Å². The van der Waals surface area contributed by atoms with Crippen molar-refractivity contribution < 1.29 is 19.4 Å². The van der Waals surface area contributed by atoms with Crippen molar-refractivity contribution >= 4 is 17.9 Å². The summed E-state index contributed by atoms with van der Waals surface area (Å²) in [6, 6.07) is 1.67. The van der Waals surface area contributed by atoms with E-state index >= 15 is 0 Å². The van der Waals surface area contributed by atoms with Crippen molar-refractivity contribution in [1.29, 1.82) is 0 Å². The normalized spacial score (nSPS) is 15.6. The van der Waals surface area contributed by atoms with Crippen molar-refractivity contribution in [1.82, 2.24) is 15.1 Å². The standard InChI is InChI=1S/C14H22N4O4/c1-3-22-13(19)11-8-12(16-15-11)17(2)9-10-4-6-18(7-5-10)14(20)21/h8,10H,3-7,9H2,1-2H3,(H,15,16)(H,20,21). The van der Waals surface area contributed by atoms with Gasteiger partial charge in [-0.3, -0.25) is 5.10 Å². The van der Waals surface area contributed by atoms with Crippen LogP contribution in [0.15, 0.2) is 6.07 Å². The molecule has 0 bridgehead atoms. The number of ether oxygens (including phenoxy) is 1. The average molecular weight is 310 g/mol. The van der Waals surface area contributed by atoms with Crippen LogP contribution < -0.4 is 4.90 Å². The predicted molar refractivity (Wildman–Crippen MR) is 80.1 cm³/mol. The molecule has 1 aromatic heterocycles. The van der Waals surface area contributed by atoms with Crippen molar-refractivity contribution in [3.8, 4) is 0 Å². The average Bonchev–Trinajstić information content (AvgIpc) is 2.98. The lowest BCUT2D eigenvalue weighted by atomic mass is 9.96. The van der Waals surface area contributed by atoms with E-state index in [4.69, 9.17) is 9.84 Å². The van der Waals surface area contributed by atoms with Gasteiger partial charge >= 0.3 is 12.1 Å². The Bertz CT molecular complexity index is 523. The Labute approximate surface area is 129 Å². The Morgan fingerprint density at radius 1 is 1.50 bits per heavy atom. The number of carbonyl (C=O) groups is 2. The lowest BCUT2D eigenvalue weighted by Crippen LogP contribution is -2.40. The number of esters is 1. The molecule has 8 heteroatoms. The van der Waals surface area contributed by atoms with Crippen LogP contribution in [0, 0.1) is 5.92 Å². The first-order valence-electron chi connectivity index (χ1n) is 7.42. The molecule has 1 aliphatic heterocycles. The number of piperidine rings is 1. The van der Waals surface area contributed by atoms with Crippen molar-refractivity contribution in [2.45, 2.75) is 19.8 Å². The number of nitrogens with zero attached hydrogens (tertiary/aromatic N) is 3. The van der Waals surface area contributed by atoms with E-state index in [9.17, 15) is 9.59 Å². The monoisotopic (exact) mass is 310 g/mol. The lowest BCUT2D eigenvalue weighted by Gasteiger charge is -2.32. The van der Waals surface area contributed by atoms with Crippen LogP contribution in [-0.4, -0.2) is 65.6 Å². The van der Waals surface area contributed by atoms with Crippen LogP contribution in [0.5, 0.6) is 0 Å². The number of H-pyrrole nitrogens is 1. The zero-order valence-electron chi connectivity index (χ0n) is 12.9. The minimum atomic E-state index is -0.849. The molecule has 2 rings (SSSR count). The van der Waals surface area contributed by atoms with Gasteiger partial charge in [0.05, 0.1) is 6.61 Å². The molecule has 1 saturated heterocycles. The highest BCUT2D eigenvalue weighted by atomic mass is 16.5. The summed E-state index contributed by atoms with van der Waals surface area (Å²) in [6.07, 6.45) is 0.829. The molecule has 1 amide bonds. The number of carboxylic acid groups (broad SMARTS) is 1. The third-order valence-electron chi connectivity index (χ3n) is 3.87. The number of hydrogen-bond acceptors (Lipinski definition) is 5. The van der Waals surface area contributed by atoms with Gasteiger partial charge in [-0.25, -0.2) is 9.59 Å². The maximum absolute atomic E-state index is 11.6. The molecule has 2 N–H and O–H groups in total. The van der Waals surface area contributed by atoms with Crippen LogP contribution in [0.25, 0.3) is 0 Å². The molecular weight excluding hydrogens is 288 g/mol. The highest BCUT2D eigenvalue weighted by Gasteiger charge is 2.24. The van der Waals surface area contributed by atoms with Crippen LogP contribution >= 0.6 is 0 Å². The number of nitrogens with one attached hydrogen (secondary N) is 1. The number of likely N-dealkylation sites (tertiary alicyclic amines) is 1. The molecule has 1 fully saturated rings. The Balaban J connectivity index is 1.86. The summed E-state index contributed by atoms with van der Waals surface area (Å²) < 4.78 is 4.92. The maximum Gasteiger partial charge on any atom is 0.407 e. The fourth-order valence-electron chi connectivity index (χ4n) is 2.61. The zero-order valence-corrected chi connectivity index (χ0v) is 12.9. The molecule has 0 saturated carbocycles. The quantitative estimate of drug-likeness (QED) is 0.798. The first-order chi connectivity index (χ1) is 10.5. The van der Waals surface area contributed by atoms with E-state index in [0.717, 1.165) is 19.4 Å². The van der Waals surface area contributed by atoms with Crippen LogP contribution in [0.2, 0.25) is 0 Å². The molecule has 8 nitrogen and oxygen atoms in total. The fourth-order valence-corrected chi connectivity index (χ4v) is 2.61. The molecule has 0 unspecified atom stereocenters. The third kappa shape index (κ3) is 3.90. The number of hydrogen-bond donors (Lipinski definition) is 2. The Kier molecular flexibility index (Phi) is 5.24. The summed E-state index contributed by atoms with van der Waals surface area (Å²) in [5.74, 6) is 0.691. The van der Waals surface area contributed by atoms with Gasteiger partial charge < -0.3 is 19.6 Å². The summed E-state index contributed by atoms with van der Waals surface area (Å²) in [4.78, 5) is 25.9. The van der Waals surface area contributed by atoms with Gasteiger partial charge in [-0.15, -0.1) is 0 Å². The van der Waals surface area contributed by atoms with Crippen molar-refractivity contribution in [2.24, 2.45) is 5.92 Å². The van der Waals surface area contributed by atoms with Crippen molar-refractivity contribution in [2.75, 3.05) is 38.2 Å². The number of rotatable bonds is 5. The van der Waals surface area contributed by atoms with Gasteiger partial charge in [0.1, 0.15) is 5.69 Å². The molecule has 1 aromatic rings. The Hall–Kier alpha value is -2.25. The van der Waals surface area contributed by atoms with E-state index in [1.807, 2.05) is 11.9 Å². The largest absolute Gasteiger partial charge is 0.465 e. The first kappa shape index (κ1) is 16.1. The summed E-state index contributed by atoms with van der Waals surface area (Å²) in [7, 11) is 1.91. The van der Waals surface area contributed by atoms with E-state index in [0.29, 0.717) is 37.1 Å². The predicted octanol–water partition coefficient (Wildman–Crippen LogP) is 1.41. The van der Waals surface area contributed by atoms with Crippen LogP contribution in [-0.2, 0) is 4.74 Å². The van der Waals surface area contributed by atoms with E-state index in [-0.39, 0.29) is 0 Å². The van der Waals surface area contributed by atoms with E-state index < -0.39 is 12.1 Å². The van der Waals surface area contributed by atoms with Gasteiger partial charge in [-0.2, -0.15) is 5.10 Å². The van der Waals surface area contributed by atoms with Gasteiger partial charge in [0, 0.05) is 32.7 Å². The number of anilines is 1. The van der Waals surface area contributed by atoms with E-state index in [2.05, 4.69) is 10.2 Å². The lowest BCUT2D eigenvalue weighted by molar-refractivity contribution is 0.0519. The summed E-state index contributed by atoms with van der Waals surface area (Å²) >= 11 is 0. The molecule has 0 spiro atoms. The number of carbonyl (C=O) groups excluding carboxylic acids is 1. The maximum atomic E-state index is 11.6. The summed E-state index contributed by atoms with van der Waals surface area (Å²) in [6.45, 7) is 4.00. The van der Waals surface area contributed by atoms with Crippen molar-refractivity contribution in [3.63, 3.8) is 0 Å². The Morgan fingerprint density at radius 3 is 2.77 bits per heavy atom. The van der Waals surface area contributed by atoms with Crippen LogP contribution in [0.1, 0.15) is 30.3 Å². The molecule has 1 aliphatic rings. The van der Waals surface area contributed by atoms with Gasteiger partial charge in [0.15, 0.2) is 5.82 Å². The molecule has 22 heavy (non-hydrogen) atoms. The number of aromatic nitrogens is 2. The number of amides is 1. The van der Waals surface area contributed by atoms with Crippen molar-refractivity contribution in [3.05, 3.63) is 11.8 Å². The fraction of sp³-hybridized carbons (Fsp3) is 0.643. The highest BCUT2D eigenvalue weighted by molar-refractivity contribution is 5.88. The molecule has 0 radical (unpaired) electrons. The van der Waals surface area contributed by atoms with Gasteiger partial charge in [-0.05, 0) is 25.7 Å². The second-order valence-corrected chi connectivity index (χ2v) is 5.45. The molecule has 0 atom stereocenters. The minimum Gasteiger partial charge on any atom is -0.465 e. The van der Waals surface area contributed by atoms with E-state index in [1.54, 1.807) is 13.0 Å². The van der Waals surface area contributed by atoms with Crippen LogP contribution in [0.3, 0.4) is 0 Å². The topological polar surface area (TPSA) is 98.8 Å². The Morgan fingerprint density at radius 2 is 2.18 bits per heavy atom. The second kappa shape index (κ2) is 7.15. The highest BCUT2D eigenvalue weighted by Crippen LogP contribution is 2.20. The molecule has 2 heterocycles. The minimum absolute atomic E-state index is 0.325. The van der Waals surface area contributed by atoms with Crippen LogP contribution in [0.4, 0.5) is 10.6 Å². The first-order valence-corrected chi connectivity index (χ1v) is 7.42. The molecule has 122 valence electrons. The summed E-state index contributed by atoms with van der Waals surface area (Å²) in [5.41, 5.74) is 0.337. The van der Waals surface area contributed by atoms with Gasteiger partial charge in [-0.1, -0.05) is 0 Å². The molecular formula is C14H22N4O4. The molecule has 0 aromatic carbocycles. The third-order valence-corrected chi connectivity index (χ3v) is 3.87. The number of aromatic amines is 1. The van der Waals surface area contributed by atoms with Gasteiger partial charge in [0.2, 0.25) is 0 Å². The van der Waals surface area contributed by atoms with Gasteiger partial charge in [0.25, 0.3) is 0 Å². The smallest absolute Gasteiger partial charge is 0.407 e. The second-order valence-electron chi connectivity index (χ2n) is 5.45. The zero-order chi connectivity index (χ0) is 16.1.